The van der Waals surface area contributed by atoms with E-state index in [0.29, 0.717) is 28.0 Å². The molecule has 0 atom stereocenters. The molecule has 0 bridgehead atoms. The first-order valence-corrected chi connectivity index (χ1v) is 8.26. The first-order chi connectivity index (χ1) is 12.9. The van der Waals surface area contributed by atoms with Crippen LogP contribution in [0.25, 0.3) is 10.9 Å². The number of para-hydroxylation sites is 1. The molecular weight excluding hydrogens is 346 g/mol. The molecule has 0 aliphatic heterocycles. The average Bonchev–Trinajstić information content (AvgIpc) is 2.65. The van der Waals surface area contributed by atoms with Gasteiger partial charge < -0.3 is 19.9 Å². The maximum absolute atomic E-state index is 12.8. The highest BCUT2D eigenvalue weighted by atomic mass is 16.5. The van der Waals surface area contributed by atoms with Crippen LogP contribution in [-0.2, 0) is 11.8 Å². The summed E-state index contributed by atoms with van der Waals surface area (Å²) in [4.78, 5) is 36.5. The first kappa shape index (κ1) is 18.2. The molecule has 3 rings (SSSR count). The smallest absolute Gasteiger partial charge is 0.261 e. The molecule has 0 unspecified atom stereocenters. The van der Waals surface area contributed by atoms with Crippen LogP contribution in [0.2, 0.25) is 0 Å². The zero-order valence-electron chi connectivity index (χ0n) is 15.2. The quantitative estimate of drug-likeness (QED) is 0.744. The van der Waals surface area contributed by atoms with E-state index < -0.39 is 5.91 Å². The Kier molecular flexibility index (Phi) is 4.94. The van der Waals surface area contributed by atoms with Crippen molar-refractivity contribution in [1.29, 1.82) is 0 Å². The minimum atomic E-state index is -0.507. The molecule has 1 heterocycles. The minimum absolute atomic E-state index is 0.0317. The standard InChI is InChI=1S/C20H19N3O4/c1-12(24)21-13-7-9-14(10-8-13)22-20(26)16-11-23(2)18-15(19(16)25)5-4-6-17(18)27-3/h4-11H,1-3H3,(H,21,24)(H,22,26). The highest BCUT2D eigenvalue weighted by molar-refractivity contribution is 6.06. The molecule has 0 spiro atoms. The van der Waals surface area contributed by atoms with Gasteiger partial charge >= 0.3 is 0 Å². The van der Waals surface area contributed by atoms with Crippen LogP contribution in [0.5, 0.6) is 5.75 Å². The molecule has 2 aromatic carbocycles. The highest BCUT2D eigenvalue weighted by Gasteiger charge is 2.16. The van der Waals surface area contributed by atoms with Gasteiger partial charge in [0.15, 0.2) is 0 Å². The molecule has 3 aromatic rings. The Morgan fingerprint density at radius 3 is 2.22 bits per heavy atom. The number of aromatic nitrogens is 1. The summed E-state index contributed by atoms with van der Waals surface area (Å²) in [5, 5.41) is 5.76. The van der Waals surface area contributed by atoms with E-state index in [1.54, 1.807) is 54.1 Å². The van der Waals surface area contributed by atoms with Gasteiger partial charge in [0.05, 0.1) is 18.0 Å². The molecule has 27 heavy (non-hydrogen) atoms. The van der Waals surface area contributed by atoms with Crippen LogP contribution in [0.1, 0.15) is 17.3 Å². The predicted octanol–water partition coefficient (Wildman–Crippen LogP) is 2.76. The van der Waals surface area contributed by atoms with E-state index >= 15 is 0 Å². The van der Waals surface area contributed by atoms with E-state index in [1.165, 1.54) is 20.2 Å². The summed E-state index contributed by atoms with van der Waals surface area (Å²) in [7, 11) is 3.29. The molecule has 0 aliphatic rings. The van der Waals surface area contributed by atoms with Crippen molar-refractivity contribution < 1.29 is 14.3 Å². The van der Waals surface area contributed by atoms with E-state index in [4.69, 9.17) is 4.74 Å². The second kappa shape index (κ2) is 7.33. The summed E-state index contributed by atoms with van der Waals surface area (Å²) in [6.07, 6.45) is 1.49. The Labute approximate surface area is 155 Å². The number of hydrogen-bond acceptors (Lipinski definition) is 4. The van der Waals surface area contributed by atoms with Crippen molar-refractivity contribution in [3.8, 4) is 5.75 Å². The van der Waals surface area contributed by atoms with Crippen LogP contribution in [-0.4, -0.2) is 23.5 Å². The second-order valence-electron chi connectivity index (χ2n) is 6.05. The third-order valence-electron chi connectivity index (χ3n) is 4.09. The topological polar surface area (TPSA) is 89.4 Å². The number of benzene rings is 2. The normalized spacial score (nSPS) is 10.5. The molecule has 0 fully saturated rings. The molecule has 2 amide bonds. The zero-order valence-corrected chi connectivity index (χ0v) is 15.2. The van der Waals surface area contributed by atoms with Crippen molar-refractivity contribution in [2.45, 2.75) is 6.92 Å². The molecule has 0 saturated heterocycles. The van der Waals surface area contributed by atoms with Crippen molar-refractivity contribution in [1.82, 2.24) is 4.57 Å². The van der Waals surface area contributed by atoms with Crippen molar-refractivity contribution in [3.63, 3.8) is 0 Å². The largest absolute Gasteiger partial charge is 0.495 e. The molecule has 1 aromatic heterocycles. The Hall–Kier alpha value is -3.61. The van der Waals surface area contributed by atoms with E-state index in [1.807, 2.05) is 0 Å². The SMILES string of the molecule is COc1cccc2c(=O)c(C(=O)Nc3ccc(NC(C)=O)cc3)cn(C)c12. The van der Waals surface area contributed by atoms with Gasteiger partial charge in [-0.05, 0) is 36.4 Å². The Morgan fingerprint density at radius 2 is 1.63 bits per heavy atom. The van der Waals surface area contributed by atoms with Crippen molar-refractivity contribution >= 4 is 34.1 Å². The number of nitrogens with zero attached hydrogens (tertiary/aromatic N) is 1. The molecule has 138 valence electrons. The third kappa shape index (κ3) is 3.67. The lowest BCUT2D eigenvalue weighted by atomic mass is 10.1. The van der Waals surface area contributed by atoms with Gasteiger partial charge in [0.25, 0.3) is 5.91 Å². The Morgan fingerprint density at radius 1 is 1.00 bits per heavy atom. The lowest BCUT2D eigenvalue weighted by Gasteiger charge is -2.12. The number of nitrogens with one attached hydrogen (secondary N) is 2. The van der Waals surface area contributed by atoms with E-state index in [0.717, 1.165) is 0 Å². The number of carbonyl (C=O) groups excluding carboxylic acids is 2. The van der Waals surface area contributed by atoms with Crippen LogP contribution in [0, 0.1) is 0 Å². The van der Waals surface area contributed by atoms with Gasteiger partial charge in [-0.15, -0.1) is 0 Å². The molecule has 0 aliphatic carbocycles. The van der Waals surface area contributed by atoms with E-state index in [2.05, 4.69) is 10.6 Å². The monoisotopic (exact) mass is 365 g/mol. The number of fused-ring (bicyclic) bond motifs is 1. The number of amides is 2. The first-order valence-electron chi connectivity index (χ1n) is 8.26. The number of rotatable bonds is 4. The van der Waals surface area contributed by atoms with Crippen LogP contribution in [0.15, 0.2) is 53.5 Å². The lowest BCUT2D eigenvalue weighted by Crippen LogP contribution is -2.23. The summed E-state index contributed by atoms with van der Waals surface area (Å²) in [5.74, 6) is -0.123. The zero-order chi connectivity index (χ0) is 19.6. The Balaban J connectivity index is 1.93. The van der Waals surface area contributed by atoms with Gasteiger partial charge in [-0.2, -0.15) is 0 Å². The van der Waals surface area contributed by atoms with Gasteiger partial charge in [0.1, 0.15) is 11.3 Å². The average molecular weight is 365 g/mol. The van der Waals surface area contributed by atoms with Crippen molar-refractivity contribution in [2.75, 3.05) is 17.7 Å². The molecule has 0 saturated carbocycles. The molecular formula is C20H19N3O4. The molecule has 0 radical (unpaired) electrons. The summed E-state index contributed by atoms with van der Waals surface area (Å²) >= 11 is 0. The van der Waals surface area contributed by atoms with E-state index in [-0.39, 0.29) is 16.9 Å². The Bertz CT molecular complexity index is 1080. The number of aryl methyl sites for hydroxylation is 1. The molecule has 7 heteroatoms. The van der Waals surface area contributed by atoms with Gasteiger partial charge in [-0.1, -0.05) is 6.07 Å². The fourth-order valence-electron chi connectivity index (χ4n) is 2.90. The second-order valence-corrected chi connectivity index (χ2v) is 6.05. The number of anilines is 2. The molecule has 7 nitrogen and oxygen atoms in total. The van der Waals surface area contributed by atoms with Crippen molar-refractivity contribution in [2.24, 2.45) is 7.05 Å². The maximum Gasteiger partial charge on any atom is 0.261 e. The van der Waals surface area contributed by atoms with Gasteiger partial charge in [-0.3, -0.25) is 14.4 Å². The van der Waals surface area contributed by atoms with Gasteiger partial charge in [0.2, 0.25) is 11.3 Å². The minimum Gasteiger partial charge on any atom is -0.495 e. The number of ether oxygens (including phenoxy) is 1. The lowest BCUT2D eigenvalue weighted by molar-refractivity contribution is -0.114. The summed E-state index contributed by atoms with van der Waals surface area (Å²) in [6.45, 7) is 1.42. The third-order valence-corrected chi connectivity index (χ3v) is 4.09. The number of pyridine rings is 1. The van der Waals surface area contributed by atoms with Gasteiger partial charge in [0, 0.05) is 31.5 Å². The number of methoxy groups -OCH3 is 1. The fraction of sp³-hybridized carbons (Fsp3) is 0.150. The summed E-state index contributed by atoms with van der Waals surface area (Å²) in [5.41, 5.74) is 1.43. The summed E-state index contributed by atoms with van der Waals surface area (Å²) in [6, 6.07) is 11.8. The van der Waals surface area contributed by atoms with Crippen molar-refractivity contribution in [3.05, 3.63) is 64.4 Å². The van der Waals surface area contributed by atoms with Gasteiger partial charge in [-0.25, -0.2) is 0 Å². The number of carbonyl (C=O) groups is 2. The number of hydrogen-bond donors (Lipinski definition) is 2. The van der Waals surface area contributed by atoms with Crippen LogP contribution >= 0.6 is 0 Å². The highest BCUT2D eigenvalue weighted by Crippen LogP contribution is 2.23. The predicted molar refractivity (Wildman–Crippen MR) is 104 cm³/mol. The van der Waals surface area contributed by atoms with E-state index in [9.17, 15) is 14.4 Å². The van der Waals surface area contributed by atoms with Crippen LogP contribution < -0.4 is 20.8 Å². The van der Waals surface area contributed by atoms with Crippen LogP contribution in [0.3, 0.4) is 0 Å². The van der Waals surface area contributed by atoms with Crippen LogP contribution in [0.4, 0.5) is 11.4 Å². The maximum atomic E-state index is 12.8. The fourth-order valence-corrected chi connectivity index (χ4v) is 2.90. The summed E-state index contributed by atoms with van der Waals surface area (Å²) < 4.78 is 7.01. The molecule has 2 N–H and O–H groups in total.